The van der Waals surface area contributed by atoms with Gasteiger partial charge in [-0.2, -0.15) is 13.9 Å². The Hall–Kier alpha value is -1.82. The van der Waals surface area contributed by atoms with Crippen molar-refractivity contribution in [3.63, 3.8) is 0 Å². The Labute approximate surface area is 183 Å². The number of fused-ring (bicyclic) bond motifs is 1. The number of pyridine rings is 1. The maximum atomic E-state index is 12.8. The Balaban J connectivity index is 1.46. The van der Waals surface area contributed by atoms with E-state index < -0.39 is 10.0 Å². The van der Waals surface area contributed by atoms with Crippen molar-refractivity contribution in [2.75, 3.05) is 13.1 Å². The molecule has 0 atom stereocenters. The molecule has 0 bridgehead atoms. The van der Waals surface area contributed by atoms with Gasteiger partial charge in [0, 0.05) is 31.1 Å². The van der Waals surface area contributed by atoms with E-state index in [1.807, 2.05) is 6.92 Å². The Morgan fingerprint density at radius 1 is 1.17 bits per heavy atom. The highest BCUT2D eigenvalue weighted by atomic mass is 32.2. The van der Waals surface area contributed by atoms with Gasteiger partial charge in [0.05, 0.1) is 10.7 Å². The molecule has 11 heteroatoms. The first kappa shape index (κ1) is 21.4. The van der Waals surface area contributed by atoms with Gasteiger partial charge in [0.25, 0.3) is 5.56 Å². The van der Waals surface area contributed by atoms with Crippen LogP contribution in [-0.2, 0) is 22.2 Å². The minimum Gasteiger partial charge on any atom is -0.267 e. The highest BCUT2D eigenvalue weighted by molar-refractivity contribution is 7.98. The van der Waals surface area contributed by atoms with Gasteiger partial charge in [0.2, 0.25) is 15.0 Å². The number of hydrogen-bond donors (Lipinski definition) is 0. The molecule has 0 aromatic carbocycles. The number of aryl methyl sites for hydroxylation is 1. The molecule has 4 heterocycles. The molecule has 0 saturated carbocycles. The first-order chi connectivity index (χ1) is 14.5. The molecule has 0 aliphatic carbocycles. The normalized spacial score (nSPS) is 16.0. The predicted molar refractivity (Wildman–Crippen MR) is 118 cm³/mol. The molecule has 1 fully saturated rings. The van der Waals surface area contributed by atoms with Gasteiger partial charge in [0.1, 0.15) is 9.90 Å². The molecule has 1 aliphatic rings. The number of hydrogen-bond acceptors (Lipinski definition) is 8. The second-order valence-corrected chi connectivity index (χ2v) is 11.0. The third-order valence-electron chi connectivity index (χ3n) is 4.92. The summed E-state index contributed by atoms with van der Waals surface area (Å²) >= 11 is 2.83. The van der Waals surface area contributed by atoms with Gasteiger partial charge in [0.15, 0.2) is 0 Å². The number of thioether (sulfide) groups is 1. The van der Waals surface area contributed by atoms with E-state index in [2.05, 4.69) is 15.1 Å². The van der Waals surface area contributed by atoms with Crippen LogP contribution in [0.3, 0.4) is 0 Å². The van der Waals surface area contributed by atoms with E-state index >= 15 is 0 Å². The Bertz CT molecular complexity index is 1180. The third-order valence-corrected chi connectivity index (χ3v) is 8.83. The van der Waals surface area contributed by atoms with Crippen molar-refractivity contribution in [3.8, 4) is 0 Å². The fourth-order valence-corrected chi connectivity index (χ4v) is 6.35. The first-order valence-corrected chi connectivity index (χ1v) is 13.2. The van der Waals surface area contributed by atoms with Crippen LogP contribution in [0.2, 0.25) is 0 Å². The zero-order valence-corrected chi connectivity index (χ0v) is 19.1. The van der Waals surface area contributed by atoms with Crippen LogP contribution in [0.1, 0.15) is 43.3 Å². The molecule has 0 N–H and O–H groups in total. The lowest BCUT2D eigenvalue weighted by Crippen LogP contribution is -2.32. The summed E-state index contributed by atoms with van der Waals surface area (Å²) in [5.41, 5.74) is 0.456. The highest BCUT2D eigenvalue weighted by Gasteiger charge is 2.25. The average molecular weight is 466 g/mol. The molecule has 0 amide bonds. The summed E-state index contributed by atoms with van der Waals surface area (Å²) in [4.78, 5) is 21.9. The highest BCUT2D eigenvalue weighted by Crippen LogP contribution is 2.24. The lowest BCUT2D eigenvalue weighted by atomic mass is 10.2. The van der Waals surface area contributed by atoms with Gasteiger partial charge in [-0.1, -0.05) is 31.1 Å². The summed E-state index contributed by atoms with van der Waals surface area (Å²) < 4.78 is 28.6. The van der Waals surface area contributed by atoms with E-state index in [-0.39, 0.29) is 10.5 Å². The van der Waals surface area contributed by atoms with Crippen molar-refractivity contribution < 1.29 is 8.42 Å². The van der Waals surface area contributed by atoms with Gasteiger partial charge in [-0.15, -0.1) is 11.8 Å². The fourth-order valence-electron chi connectivity index (χ4n) is 3.30. The largest absolute Gasteiger partial charge is 0.275 e. The number of rotatable bonds is 6. The lowest BCUT2D eigenvalue weighted by molar-refractivity contribution is 0.423. The van der Waals surface area contributed by atoms with E-state index in [9.17, 15) is 13.2 Å². The molecule has 0 spiro atoms. The molecular formula is C19H23N5O3S3. The smallest absolute Gasteiger partial charge is 0.267 e. The van der Waals surface area contributed by atoms with Crippen molar-refractivity contribution in [2.45, 2.75) is 54.7 Å². The molecule has 1 aliphatic heterocycles. The molecule has 30 heavy (non-hydrogen) atoms. The van der Waals surface area contributed by atoms with Crippen LogP contribution in [0.4, 0.5) is 0 Å². The summed E-state index contributed by atoms with van der Waals surface area (Å²) in [5.74, 6) is 0.469. The van der Waals surface area contributed by atoms with Crippen molar-refractivity contribution >= 4 is 38.1 Å². The number of sulfonamides is 1. The van der Waals surface area contributed by atoms with Gasteiger partial charge in [-0.3, -0.25) is 4.79 Å². The SMILES string of the molecule is CCc1nn2c(=O)cc(CSc3ccc(S(=O)(=O)N4CCCCCC4)cn3)nc2s1. The molecule has 1 saturated heterocycles. The van der Waals surface area contributed by atoms with Crippen molar-refractivity contribution in [1.82, 2.24) is 23.9 Å². The van der Waals surface area contributed by atoms with Crippen LogP contribution in [0, 0.1) is 0 Å². The molecule has 8 nitrogen and oxygen atoms in total. The minimum absolute atomic E-state index is 0.196. The fraction of sp³-hybridized carbons (Fsp3) is 0.474. The van der Waals surface area contributed by atoms with E-state index in [0.717, 1.165) is 37.1 Å². The summed E-state index contributed by atoms with van der Waals surface area (Å²) in [7, 11) is -3.50. The molecule has 160 valence electrons. The zero-order valence-electron chi connectivity index (χ0n) is 16.7. The molecule has 4 rings (SSSR count). The van der Waals surface area contributed by atoms with Crippen LogP contribution < -0.4 is 5.56 Å². The third kappa shape index (κ3) is 4.58. The molecule has 3 aromatic rings. The summed E-state index contributed by atoms with van der Waals surface area (Å²) in [5, 5.41) is 5.80. The van der Waals surface area contributed by atoms with Crippen LogP contribution >= 0.6 is 23.1 Å². The average Bonchev–Trinajstić information content (AvgIpc) is 2.97. The molecule has 0 radical (unpaired) electrons. The van der Waals surface area contributed by atoms with Crippen molar-refractivity contribution in [3.05, 3.63) is 45.5 Å². The lowest BCUT2D eigenvalue weighted by Gasteiger charge is -2.19. The standard InChI is InChI=1S/C19H23N5O3S3/c1-2-16-22-24-18(25)11-14(21-19(24)29-16)13-28-17-8-7-15(12-20-17)30(26,27)23-9-5-3-4-6-10-23/h7-8,11-12H,2-6,9-10,13H2,1H3. The summed E-state index contributed by atoms with van der Waals surface area (Å²) in [6.45, 7) is 3.13. The van der Waals surface area contributed by atoms with Gasteiger partial charge < -0.3 is 0 Å². The Kier molecular flexibility index (Phi) is 6.51. The van der Waals surface area contributed by atoms with E-state index in [1.54, 1.807) is 16.4 Å². The van der Waals surface area contributed by atoms with Crippen molar-refractivity contribution in [2.24, 2.45) is 0 Å². The number of aromatic nitrogens is 4. The van der Waals surface area contributed by atoms with Gasteiger partial charge in [-0.25, -0.2) is 18.4 Å². The molecular weight excluding hydrogens is 442 g/mol. The van der Waals surface area contributed by atoms with Gasteiger partial charge >= 0.3 is 0 Å². The van der Waals surface area contributed by atoms with Gasteiger partial charge in [-0.05, 0) is 31.4 Å². The summed E-state index contributed by atoms with van der Waals surface area (Å²) in [6, 6.07) is 4.80. The van der Waals surface area contributed by atoms with Crippen molar-refractivity contribution in [1.29, 1.82) is 0 Å². The first-order valence-electron chi connectivity index (χ1n) is 9.95. The second-order valence-electron chi connectivity index (χ2n) is 7.07. The Morgan fingerprint density at radius 3 is 2.60 bits per heavy atom. The predicted octanol–water partition coefficient (Wildman–Crippen LogP) is 2.97. The minimum atomic E-state index is -3.50. The van der Waals surface area contributed by atoms with Crippen LogP contribution in [0.25, 0.3) is 4.96 Å². The number of nitrogens with zero attached hydrogens (tertiary/aromatic N) is 5. The second kappa shape index (κ2) is 9.13. The van der Waals surface area contributed by atoms with E-state index in [1.165, 1.54) is 39.9 Å². The molecule has 0 unspecified atom stereocenters. The van der Waals surface area contributed by atoms with Crippen LogP contribution in [0.5, 0.6) is 0 Å². The zero-order chi connectivity index (χ0) is 21.1. The Morgan fingerprint density at radius 2 is 1.93 bits per heavy atom. The van der Waals surface area contributed by atoms with E-state index in [4.69, 9.17) is 0 Å². The molecule has 3 aromatic heterocycles. The summed E-state index contributed by atoms with van der Waals surface area (Å²) in [6.07, 6.45) is 6.13. The van der Waals surface area contributed by atoms with Crippen LogP contribution in [0.15, 0.2) is 39.1 Å². The topological polar surface area (TPSA) is 97.5 Å². The maximum absolute atomic E-state index is 12.8. The quantitative estimate of drug-likeness (QED) is 0.516. The maximum Gasteiger partial charge on any atom is 0.275 e. The van der Waals surface area contributed by atoms with E-state index in [0.29, 0.717) is 34.5 Å². The van der Waals surface area contributed by atoms with Crippen LogP contribution in [-0.4, -0.2) is 45.4 Å². The monoisotopic (exact) mass is 465 g/mol.